The fourth-order valence-corrected chi connectivity index (χ4v) is 2.26. The maximum atomic E-state index is 5.47. The molecule has 18 heavy (non-hydrogen) atoms. The van der Waals surface area contributed by atoms with E-state index in [1.807, 2.05) is 6.20 Å². The van der Waals surface area contributed by atoms with Gasteiger partial charge < -0.3 is 10.1 Å². The van der Waals surface area contributed by atoms with Crippen molar-refractivity contribution in [1.29, 1.82) is 0 Å². The predicted molar refractivity (Wildman–Crippen MR) is 74.9 cm³/mol. The van der Waals surface area contributed by atoms with Crippen LogP contribution in [0, 0.1) is 5.92 Å². The van der Waals surface area contributed by atoms with Crippen LogP contribution in [-0.4, -0.2) is 23.4 Å². The zero-order chi connectivity index (χ0) is 13.5. The van der Waals surface area contributed by atoms with Gasteiger partial charge in [-0.25, -0.2) is 0 Å². The molecule has 0 aliphatic rings. The third-order valence-corrected chi connectivity index (χ3v) is 3.43. The third-order valence-electron chi connectivity index (χ3n) is 3.43. The molecule has 1 rings (SSSR count). The Labute approximate surface area is 111 Å². The maximum Gasteiger partial charge on any atom is 0.161 e. The van der Waals surface area contributed by atoms with Gasteiger partial charge in [0.05, 0.1) is 25.0 Å². The van der Waals surface area contributed by atoms with Crippen molar-refractivity contribution in [3.8, 4) is 5.75 Å². The Morgan fingerprint density at radius 2 is 2.11 bits per heavy atom. The summed E-state index contributed by atoms with van der Waals surface area (Å²) >= 11 is 0. The summed E-state index contributed by atoms with van der Waals surface area (Å²) in [5, 5.41) is 8.02. The normalized spacial score (nSPS) is 14.5. The van der Waals surface area contributed by atoms with Crippen LogP contribution in [0.2, 0.25) is 0 Å². The Hall–Kier alpha value is -1.03. The molecule has 0 aliphatic carbocycles. The van der Waals surface area contributed by atoms with E-state index in [0.29, 0.717) is 12.0 Å². The van der Waals surface area contributed by atoms with E-state index in [0.717, 1.165) is 31.7 Å². The Kier molecular flexibility index (Phi) is 6.19. The smallest absolute Gasteiger partial charge is 0.161 e. The van der Waals surface area contributed by atoms with Crippen LogP contribution < -0.4 is 10.1 Å². The fourth-order valence-electron chi connectivity index (χ4n) is 2.26. The number of hydrogen-bond acceptors (Lipinski definition) is 3. The molecular weight excluding hydrogens is 226 g/mol. The molecule has 0 amide bonds. The number of methoxy groups -OCH3 is 1. The van der Waals surface area contributed by atoms with Gasteiger partial charge in [-0.05, 0) is 18.9 Å². The van der Waals surface area contributed by atoms with Gasteiger partial charge in [-0.3, -0.25) is 4.68 Å². The van der Waals surface area contributed by atoms with E-state index in [9.17, 15) is 0 Å². The first-order valence-electron chi connectivity index (χ1n) is 7.02. The minimum Gasteiger partial charge on any atom is -0.493 e. The minimum absolute atomic E-state index is 0.309. The average molecular weight is 253 g/mol. The van der Waals surface area contributed by atoms with Crippen LogP contribution in [0.4, 0.5) is 0 Å². The van der Waals surface area contributed by atoms with E-state index >= 15 is 0 Å². The van der Waals surface area contributed by atoms with Crippen molar-refractivity contribution < 1.29 is 4.74 Å². The first kappa shape index (κ1) is 15.0. The van der Waals surface area contributed by atoms with Gasteiger partial charge in [-0.1, -0.05) is 34.1 Å². The second-order valence-corrected chi connectivity index (χ2v) is 4.74. The first-order valence-corrected chi connectivity index (χ1v) is 7.02. The fraction of sp³-hybridized carbons (Fsp3) is 0.786. The molecule has 0 aliphatic heterocycles. The van der Waals surface area contributed by atoms with Gasteiger partial charge in [-0.15, -0.1) is 0 Å². The highest BCUT2D eigenvalue weighted by molar-refractivity contribution is 5.29. The van der Waals surface area contributed by atoms with E-state index in [2.05, 4.69) is 42.8 Å². The van der Waals surface area contributed by atoms with E-state index in [1.54, 1.807) is 7.11 Å². The lowest BCUT2D eigenvalue weighted by Crippen LogP contribution is -2.29. The molecule has 0 bridgehead atoms. The van der Waals surface area contributed by atoms with E-state index in [4.69, 9.17) is 4.74 Å². The lowest BCUT2D eigenvalue weighted by molar-refractivity contribution is 0.335. The molecule has 4 heteroatoms. The molecule has 2 unspecified atom stereocenters. The zero-order valence-corrected chi connectivity index (χ0v) is 12.4. The van der Waals surface area contributed by atoms with Crippen molar-refractivity contribution >= 4 is 0 Å². The molecular formula is C14H27N3O. The average Bonchev–Trinajstić information content (AvgIpc) is 2.78. The molecule has 1 N–H and O–H groups in total. The van der Waals surface area contributed by atoms with Gasteiger partial charge in [0.15, 0.2) is 5.75 Å². The number of aromatic nitrogens is 2. The number of nitrogens with one attached hydrogen (secondary N) is 1. The highest BCUT2D eigenvalue weighted by Gasteiger charge is 2.25. The summed E-state index contributed by atoms with van der Waals surface area (Å²) in [5.74, 6) is 1.46. The van der Waals surface area contributed by atoms with Crippen molar-refractivity contribution in [2.45, 2.75) is 53.1 Å². The molecule has 1 heterocycles. The summed E-state index contributed by atoms with van der Waals surface area (Å²) < 4.78 is 7.55. The molecule has 1 aromatic heterocycles. The van der Waals surface area contributed by atoms with Crippen LogP contribution in [0.1, 0.15) is 52.3 Å². The molecule has 0 saturated heterocycles. The van der Waals surface area contributed by atoms with Gasteiger partial charge in [0.2, 0.25) is 0 Å². The first-order chi connectivity index (χ1) is 8.69. The van der Waals surface area contributed by atoms with Crippen molar-refractivity contribution in [2.75, 3.05) is 13.7 Å². The van der Waals surface area contributed by atoms with Gasteiger partial charge >= 0.3 is 0 Å². The lowest BCUT2D eigenvalue weighted by atomic mass is 9.95. The van der Waals surface area contributed by atoms with Crippen LogP contribution in [0.15, 0.2) is 6.20 Å². The van der Waals surface area contributed by atoms with Crippen LogP contribution >= 0.6 is 0 Å². The van der Waals surface area contributed by atoms with Crippen molar-refractivity contribution in [2.24, 2.45) is 5.92 Å². The Morgan fingerprint density at radius 1 is 1.39 bits per heavy atom. The molecule has 0 saturated carbocycles. The molecule has 104 valence electrons. The third kappa shape index (κ3) is 3.25. The van der Waals surface area contributed by atoms with Crippen molar-refractivity contribution in [3.05, 3.63) is 11.9 Å². The molecule has 0 spiro atoms. The number of nitrogens with zero attached hydrogens (tertiary/aromatic N) is 2. The largest absolute Gasteiger partial charge is 0.493 e. The zero-order valence-electron chi connectivity index (χ0n) is 12.4. The predicted octanol–water partition coefficient (Wildman–Crippen LogP) is 3.00. The summed E-state index contributed by atoms with van der Waals surface area (Å²) in [4.78, 5) is 0. The lowest BCUT2D eigenvalue weighted by Gasteiger charge is -2.25. The molecule has 4 nitrogen and oxygen atoms in total. The standard InChI is InChI=1S/C14H27N3O/c1-6-9-17-14(12(18-5)10-16-17)13(15-8-3)11(4)7-2/h10-11,13,15H,6-9H2,1-5H3. The quantitative estimate of drug-likeness (QED) is 0.774. The SMILES string of the molecule is CCCn1ncc(OC)c1C(NCC)C(C)CC. The second kappa shape index (κ2) is 7.41. The number of ether oxygens (including phenoxy) is 1. The molecule has 0 aromatic carbocycles. The second-order valence-electron chi connectivity index (χ2n) is 4.74. The number of rotatable bonds is 8. The van der Waals surface area contributed by atoms with Crippen LogP contribution in [0.25, 0.3) is 0 Å². The Bertz CT molecular complexity index is 349. The van der Waals surface area contributed by atoms with Crippen molar-refractivity contribution in [1.82, 2.24) is 15.1 Å². The Balaban J connectivity index is 3.10. The highest BCUT2D eigenvalue weighted by atomic mass is 16.5. The van der Waals surface area contributed by atoms with Crippen LogP contribution in [0.3, 0.4) is 0 Å². The maximum absolute atomic E-state index is 5.47. The number of aryl methyl sites for hydroxylation is 1. The van der Waals surface area contributed by atoms with E-state index in [-0.39, 0.29) is 0 Å². The summed E-state index contributed by atoms with van der Waals surface area (Å²) in [6.07, 6.45) is 4.05. The monoisotopic (exact) mass is 253 g/mol. The molecule has 0 fully saturated rings. The van der Waals surface area contributed by atoms with E-state index in [1.165, 1.54) is 5.69 Å². The van der Waals surface area contributed by atoms with Gasteiger partial charge in [0.25, 0.3) is 0 Å². The van der Waals surface area contributed by atoms with Crippen molar-refractivity contribution in [3.63, 3.8) is 0 Å². The molecule has 0 radical (unpaired) electrons. The number of hydrogen-bond donors (Lipinski definition) is 1. The minimum atomic E-state index is 0.309. The highest BCUT2D eigenvalue weighted by Crippen LogP contribution is 2.31. The van der Waals surface area contributed by atoms with Crippen LogP contribution in [-0.2, 0) is 6.54 Å². The summed E-state index contributed by atoms with van der Waals surface area (Å²) in [6, 6.07) is 0.309. The van der Waals surface area contributed by atoms with Gasteiger partial charge in [0.1, 0.15) is 0 Å². The van der Waals surface area contributed by atoms with Gasteiger partial charge in [-0.2, -0.15) is 5.10 Å². The summed E-state index contributed by atoms with van der Waals surface area (Å²) in [7, 11) is 1.72. The van der Waals surface area contributed by atoms with E-state index < -0.39 is 0 Å². The topological polar surface area (TPSA) is 39.1 Å². The summed E-state index contributed by atoms with van der Waals surface area (Å²) in [5.41, 5.74) is 1.19. The summed E-state index contributed by atoms with van der Waals surface area (Å²) in [6.45, 7) is 10.7. The Morgan fingerprint density at radius 3 is 2.61 bits per heavy atom. The van der Waals surface area contributed by atoms with Gasteiger partial charge in [0, 0.05) is 6.54 Å². The molecule has 2 atom stereocenters. The van der Waals surface area contributed by atoms with Crippen LogP contribution in [0.5, 0.6) is 5.75 Å². The molecule has 1 aromatic rings.